The first-order valence-corrected chi connectivity index (χ1v) is 7.04. The van der Waals surface area contributed by atoms with E-state index in [0.717, 1.165) is 19.3 Å². The van der Waals surface area contributed by atoms with Gasteiger partial charge >= 0.3 is 0 Å². The average molecular weight is 252 g/mol. The highest BCUT2D eigenvalue weighted by molar-refractivity contribution is 5.43. The molecule has 0 spiro atoms. The minimum absolute atomic E-state index is 0.213. The fourth-order valence-electron chi connectivity index (χ4n) is 3.41. The summed E-state index contributed by atoms with van der Waals surface area (Å²) in [6, 6.07) is 19.1. The summed E-state index contributed by atoms with van der Waals surface area (Å²) in [6.45, 7) is 2.10. The monoisotopic (exact) mass is 252 g/mol. The Morgan fingerprint density at radius 1 is 0.947 bits per heavy atom. The lowest BCUT2D eigenvalue weighted by molar-refractivity contribution is 0.127. The largest absolute Gasteiger partial charge is 0.392 e. The highest BCUT2D eigenvalue weighted by Crippen LogP contribution is 2.46. The van der Waals surface area contributed by atoms with Crippen LogP contribution >= 0.6 is 0 Å². The molecule has 1 heteroatoms. The molecular formula is C18H20O. The van der Waals surface area contributed by atoms with Gasteiger partial charge in [-0.3, -0.25) is 0 Å². The van der Waals surface area contributed by atoms with E-state index in [-0.39, 0.29) is 11.5 Å². The highest BCUT2D eigenvalue weighted by atomic mass is 16.3. The number of benzene rings is 2. The maximum Gasteiger partial charge on any atom is 0.0677 e. The summed E-state index contributed by atoms with van der Waals surface area (Å²) in [4.78, 5) is 0. The summed E-state index contributed by atoms with van der Waals surface area (Å²) in [5.41, 5.74) is 3.53. The van der Waals surface area contributed by atoms with Crippen molar-refractivity contribution in [2.45, 2.75) is 37.7 Å². The van der Waals surface area contributed by atoms with E-state index in [1.165, 1.54) is 16.7 Å². The van der Waals surface area contributed by atoms with Gasteiger partial charge in [0, 0.05) is 5.41 Å². The molecule has 1 N–H and O–H groups in total. The van der Waals surface area contributed by atoms with Crippen LogP contribution in [-0.2, 0) is 5.41 Å². The average Bonchev–Trinajstić information content (AvgIpc) is 2.83. The molecule has 19 heavy (non-hydrogen) atoms. The quantitative estimate of drug-likeness (QED) is 0.861. The highest BCUT2D eigenvalue weighted by Gasteiger charge is 2.44. The third-order valence-electron chi connectivity index (χ3n) is 4.47. The van der Waals surface area contributed by atoms with Gasteiger partial charge in [0.1, 0.15) is 0 Å². The minimum Gasteiger partial charge on any atom is -0.392 e. The molecule has 1 saturated carbocycles. The lowest BCUT2D eigenvalue weighted by Gasteiger charge is -2.34. The molecule has 2 aromatic rings. The van der Waals surface area contributed by atoms with E-state index < -0.39 is 0 Å². The summed E-state index contributed by atoms with van der Waals surface area (Å²) in [5, 5.41) is 10.6. The van der Waals surface area contributed by atoms with Gasteiger partial charge in [0.25, 0.3) is 0 Å². The second-order valence-electron chi connectivity index (χ2n) is 5.61. The normalized spacial score (nSPS) is 26.5. The van der Waals surface area contributed by atoms with Crippen molar-refractivity contribution in [3.8, 4) is 0 Å². The Labute approximate surface area is 114 Å². The molecule has 98 valence electrons. The van der Waals surface area contributed by atoms with Crippen LogP contribution in [0.5, 0.6) is 0 Å². The molecule has 2 aromatic carbocycles. The van der Waals surface area contributed by atoms with Gasteiger partial charge in [-0.2, -0.15) is 0 Å². The van der Waals surface area contributed by atoms with Crippen molar-refractivity contribution < 1.29 is 5.11 Å². The fraction of sp³-hybridized carbons (Fsp3) is 0.333. The van der Waals surface area contributed by atoms with Crippen LogP contribution in [-0.4, -0.2) is 11.2 Å². The van der Waals surface area contributed by atoms with Gasteiger partial charge in [0.05, 0.1) is 6.10 Å². The van der Waals surface area contributed by atoms with Crippen molar-refractivity contribution in [2.24, 2.45) is 0 Å². The number of hydrogen-bond donors (Lipinski definition) is 1. The first-order valence-electron chi connectivity index (χ1n) is 7.04. The van der Waals surface area contributed by atoms with Gasteiger partial charge in [0.2, 0.25) is 0 Å². The number of aliphatic hydroxyl groups is 1. The maximum absolute atomic E-state index is 10.6. The molecule has 0 saturated heterocycles. The second kappa shape index (κ2) is 4.82. The molecule has 0 bridgehead atoms. The maximum atomic E-state index is 10.6. The molecule has 2 atom stereocenters. The van der Waals surface area contributed by atoms with E-state index in [9.17, 15) is 5.11 Å². The van der Waals surface area contributed by atoms with Crippen LogP contribution in [0.15, 0.2) is 54.6 Å². The van der Waals surface area contributed by atoms with Crippen molar-refractivity contribution in [1.29, 1.82) is 0 Å². The van der Waals surface area contributed by atoms with Crippen LogP contribution in [0.2, 0.25) is 0 Å². The summed E-state index contributed by atoms with van der Waals surface area (Å²) in [6.07, 6.45) is 2.73. The summed E-state index contributed by atoms with van der Waals surface area (Å²) < 4.78 is 0. The lowest BCUT2D eigenvalue weighted by Crippen LogP contribution is -2.35. The molecule has 0 heterocycles. The Morgan fingerprint density at radius 2 is 1.58 bits per heavy atom. The van der Waals surface area contributed by atoms with Crippen molar-refractivity contribution in [1.82, 2.24) is 0 Å². The predicted molar refractivity (Wildman–Crippen MR) is 78.3 cm³/mol. The molecule has 0 amide bonds. The Bertz CT molecular complexity index is 544. The van der Waals surface area contributed by atoms with Gasteiger partial charge in [-0.15, -0.1) is 0 Å². The lowest BCUT2D eigenvalue weighted by atomic mass is 9.71. The van der Waals surface area contributed by atoms with Crippen LogP contribution in [0.4, 0.5) is 0 Å². The summed E-state index contributed by atoms with van der Waals surface area (Å²) >= 11 is 0. The molecular weight excluding hydrogens is 232 g/mol. The van der Waals surface area contributed by atoms with E-state index in [2.05, 4.69) is 55.5 Å². The van der Waals surface area contributed by atoms with Crippen molar-refractivity contribution in [3.05, 3.63) is 71.3 Å². The first-order chi connectivity index (χ1) is 9.23. The van der Waals surface area contributed by atoms with Gasteiger partial charge in [0.15, 0.2) is 0 Å². The van der Waals surface area contributed by atoms with Crippen LogP contribution in [0, 0.1) is 6.92 Å². The van der Waals surface area contributed by atoms with E-state index in [1.54, 1.807) is 0 Å². The van der Waals surface area contributed by atoms with E-state index in [4.69, 9.17) is 0 Å². The molecule has 1 aliphatic carbocycles. The minimum atomic E-state index is -0.280. The van der Waals surface area contributed by atoms with Gasteiger partial charge in [-0.25, -0.2) is 0 Å². The Morgan fingerprint density at radius 3 is 2.16 bits per heavy atom. The molecule has 0 aromatic heterocycles. The zero-order valence-electron chi connectivity index (χ0n) is 11.3. The van der Waals surface area contributed by atoms with Gasteiger partial charge in [-0.05, 0) is 37.3 Å². The zero-order valence-corrected chi connectivity index (χ0v) is 11.3. The number of hydrogen-bond acceptors (Lipinski definition) is 1. The molecule has 1 nitrogen and oxygen atoms in total. The van der Waals surface area contributed by atoms with Crippen molar-refractivity contribution in [2.75, 3.05) is 0 Å². The zero-order chi connectivity index (χ0) is 13.3. The van der Waals surface area contributed by atoms with Crippen molar-refractivity contribution >= 4 is 0 Å². The van der Waals surface area contributed by atoms with Crippen molar-refractivity contribution in [3.63, 3.8) is 0 Å². The molecule has 3 rings (SSSR count). The first kappa shape index (κ1) is 12.4. The second-order valence-corrected chi connectivity index (χ2v) is 5.61. The van der Waals surface area contributed by atoms with Gasteiger partial charge in [-0.1, -0.05) is 60.2 Å². The van der Waals surface area contributed by atoms with Crippen LogP contribution < -0.4 is 0 Å². The van der Waals surface area contributed by atoms with Crippen LogP contribution in [0.1, 0.15) is 36.0 Å². The number of aryl methyl sites for hydroxylation is 1. The topological polar surface area (TPSA) is 20.2 Å². The molecule has 0 radical (unpaired) electrons. The predicted octanol–water partition coefficient (Wildman–Crippen LogP) is 3.83. The van der Waals surface area contributed by atoms with Crippen LogP contribution in [0.3, 0.4) is 0 Å². The summed E-state index contributed by atoms with van der Waals surface area (Å²) in [7, 11) is 0. The molecule has 0 aliphatic heterocycles. The SMILES string of the molecule is Cc1ccc(C2(c3ccccc3)CCCC2O)cc1. The third-order valence-corrected chi connectivity index (χ3v) is 4.47. The summed E-state index contributed by atoms with van der Waals surface area (Å²) in [5.74, 6) is 0. The Kier molecular flexibility index (Phi) is 3.16. The van der Waals surface area contributed by atoms with E-state index in [1.807, 2.05) is 6.07 Å². The van der Waals surface area contributed by atoms with E-state index in [0.29, 0.717) is 0 Å². The fourth-order valence-corrected chi connectivity index (χ4v) is 3.41. The molecule has 1 fully saturated rings. The smallest absolute Gasteiger partial charge is 0.0677 e. The molecule has 2 unspecified atom stereocenters. The number of rotatable bonds is 2. The van der Waals surface area contributed by atoms with E-state index >= 15 is 0 Å². The molecule has 1 aliphatic rings. The number of aliphatic hydroxyl groups excluding tert-OH is 1. The third kappa shape index (κ3) is 1.98. The Hall–Kier alpha value is -1.60. The Balaban J connectivity index is 2.15. The van der Waals surface area contributed by atoms with Gasteiger partial charge < -0.3 is 5.11 Å². The van der Waals surface area contributed by atoms with Crippen LogP contribution in [0.25, 0.3) is 0 Å². The standard InChI is InChI=1S/C18H20O/c1-14-9-11-16(12-10-14)18(13-5-8-17(18)19)15-6-3-2-4-7-15/h2-4,6-7,9-12,17,19H,5,8,13H2,1H3.